The van der Waals surface area contributed by atoms with E-state index in [9.17, 15) is 0 Å². The number of alkyl halides is 1. The van der Waals surface area contributed by atoms with Crippen LogP contribution in [0.25, 0.3) is 0 Å². The molecule has 1 aromatic carbocycles. The quantitative estimate of drug-likeness (QED) is 0.766. The van der Waals surface area contributed by atoms with Gasteiger partial charge in [0.15, 0.2) is 0 Å². The maximum absolute atomic E-state index is 5.62. The molecule has 0 saturated heterocycles. The van der Waals surface area contributed by atoms with E-state index in [1.165, 1.54) is 11.1 Å². The number of aromatic nitrogens is 2. The van der Waals surface area contributed by atoms with Gasteiger partial charge >= 0.3 is 0 Å². The Hall–Kier alpha value is -1.35. The largest absolute Gasteiger partial charge is 0.425 e. The Bertz CT molecular complexity index is 482. The van der Waals surface area contributed by atoms with E-state index in [-0.39, 0.29) is 0 Å². The maximum atomic E-state index is 5.62. The SMILES string of the molecule is Cc1ccccc1Cc1nnc(CCCCl)o1. The van der Waals surface area contributed by atoms with Crippen molar-refractivity contribution >= 4 is 11.6 Å². The van der Waals surface area contributed by atoms with Crippen molar-refractivity contribution in [2.75, 3.05) is 5.88 Å². The van der Waals surface area contributed by atoms with Gasteiger partial charge in [-0.25, -0.2) is 0 Å². The first-order valence-electron chi connectivity index (χ1n) is 5.71. The monoisotopic (exact) mass is 250 g/mol. The zero-order valence-corrected chi connectivity index (χ0v) is 10.6. The van der Waals surface area contributed by atoms with Gasteiger partial charge in [-0.2, -0.15) is 0 Å². The second-order valence-electron chi connectivity index (χ2n) is 3.99. The van der Waals surface area contributed by atoms with Crippen LogP contribution in [0, 0.1) is 6.92 Å². The molecule has 90 valence electrons. The maximum Gasteiger partial charge on any atom is 0.220 e. The first kappa shape index (κ1) is 12.1. The van der Waals surface area contributed by atoms with Crippen LogP contribution in [-0.4, -0.2) is 16.1 Å². The summed E-state index contributed by atoms with van der Waals surface area (Å²) in [6.45, 7) is 2.08. The Morgan fingerprint density at radius 3 is 2.71 bits per heavy atom. The Morgan fingerprint density at radius 2 is 1.94 bits per heavy atom. The Balaban J connectivity index is 2.04. The minimum Gasteiger partial charge on any atom is -0.425 e. The van der Waals surface area contributed by atoms with Gasteiger partial charge in [-0.05, 0) is 24.5 Å². The Kier molecular flexibility index (Phi) is 4.15. The van der Waals surface area contributed by atoms with Gasteiger partial charge < -0.3 is 4.42 Å². The summed E-state index contributed by atoms with van der Waals surface area (Å²) in [6, 6.07) is 8.21. The van der Waals surface area contributed by atoms with Crippen molar-refractivity contribution in [2.45, 2.75) is 26.2 Å². The number of hydrogen-bond acceptors (Lipinski definition) is 3. The van der Waals surface area contributed by atoms with Gasteiger partial charge in [0, 0.05) is 12.3 Å². The highest BCUT2D eigenvalue weighted by molar-refractivity contribution is 6.17. The molecule has 0 fully saturated rings. The summed E-state index contributed by atoms with van der Waals surface area (Å²) in [6.07, 6.45) is 2.32. The van der Waals surface area contributed by atoms with Gasteiger partial charge in [-0.15, -0.1) is 21.8 Å². The predicted octanol–water partition coefficient (Wildman–Crippen LogP) is 3.14. The molecule has 1 heterocycles. The third kappa shape index (κ3) is 3.30. The summed E-state index contributed by atoms with van der Waals surface area (Å²) >= 11 is 5.62. The third-order valence-electron chi connectivity index (χ3n) is 2.64. The molecule has 1 aromatic heterocycles. The average molecular weight is 251 g/mol. The molecule has 0 spiro atoms. The summed E-state index contributed by atoms with van der Waals surface area (Å²) in [7, 11) is 0. The minimum absolute atomic E-state index is 0.621. The number of hydrogen-bond donors (Lipinski definition) is 0. The molecule has 0 saturated carbocycles. The second-order valence-corrected chi connectivity index (χ2v) is 4.36. The predicted molar refractivity (Wildman–Crippen MR) is 67.3 cm³/mol. The molecular weight excluding hydrogens is 236 g/mol. The fourth-order valence-electron chi connectivity index (χ4n) is 1.65. The van der Waals surface area contributed by atoms with Gasteiger partial charge in [0.05, 0.1) is 6.42 Å². The highest BCUT2D eigenvalue weighted by Crippen LogP contribution is 2.13. The smallest absolute Gasteiger partial charge is 0.220 e. The molecule has 0 atom stereocenters. The molecule has 0 aliphatic heterocycles. The van der Waals surface area contributed by atoms with Crippen LogP contribution in [0.5, 0.6) is 0 Å². The second kappa shape index (κ2) is 5.82. The number of halogens is 1. The van der Waals surface area contributed by atoms with Crippen LogP contribution in [-0.2, 0) is 12.8 Å². The van der Waals surface area contributed by atoms with E-state index >= 15 is 0 Å². The highest BCUT2D eigenvalue weighted by Gasteiger charge is 2.07. The van der Waals surface area contributed by atoms with E-state index in [2.05, 4.69) is 29.3 Å². The van der Waals surface area contributed by atoms with Crippen molar-refractivity contribution in [3.8, 4) is 0 Å². The molecule has 0 bridgehead atoms. The lowest BCUT2D eigenvalue weighted by atomic mass is 10.1. The molecule has 0 aliphatic rings. The van der Waals surface area contributed by atoms with Crippen LogP contribution in [0.3, 0.4) is 0 Å². The molecule has 0 unspecified atom stereocenters. The molecular formula is C13H15ClN2O. The summed E-state index contributed by atoms with van der Waals surface area (Å²) in [5.74, 6) is 1.97. The van der Waals surface area contributed by atoms with Crippen LogP contribution in [0.4, 0.5) is 0 Å². The van der Waals surface area contributed by atoms with Crippen LogP contribution < -0.4 is 0 Å². The van der Waals surface area contributed by atoms with Gasteiger partial charge in [-0.1, -0.05) is 24.3 Å². The molecule has 0 amide bonds. The Labute approximate surface area is 106 Å². The lowest BCUT2D eigenvalue weighted by Gasteiger charge is -2.00. The molecule has 17 heavy (non-hydrogen) atoms. The molecule has 2 aromatic rings. The third-order valence-corrected chi connectivity index (χ3v) is 2.90. The molecule has 0 aliphatic carbocycles. The summed E-state index contributed by atoms with van der Waals surface area (Å²) in [5, 5.41) is 8.05. The van der Waals surface area contributed by atoms with Crippen molar-refractivity contribution in [3.63, 3.8) is 0 Å². The number of rotatable bonds is 5. The van der Waals surface area contributed by atoms with Crippen LogP contribution in [0.1, 0.15) is 29.3 Å². The van der Waals surface area contributed by atoms with E-state index in [1.54, 1.807) is 0 Å². The first-order valence-corrected chi connectivity index (χ1v) is 6.25. The summed E-state index contributed by atoms with van der Waals surface area (Å²) < 4.78 is 5.56. The van der Waals surface area contributed by atoms with Gasteiger partial charge in [0.2, 0.25) is 11.8 Å². The first-order chi connectivity index (χ1) is 8.29. The molecule has 2 rings (SSSR count). The standard InChI is InChI=1S/C13H15ClN2O/c1-10-5-2-3-6-11(10)9-13-16-15-12(17-13)7-4-8-14/h2-3,5-6H,4,7-9H2,1H3. The fourth-order valence-corrected chi connectivity index (χ4v) is 1.78. The van der Waals surface area contributed by atoms with Crippen LogP contribution in [0.2, 0.25) is 0 Å². The van der Waals surface area contributed by atoms with Gasteiger partial charge in [0.1, 0.15) is 0 Å². The lowest BCUT2D eigenvalue weighted by molar-refractivity contribution is 0.455. The average Bonchev–Trinajstić information content (AvgIpc) is 2.77. The summed E-state index contributed by atoms with van der Waals surface area (Å²) in [4.78, 5) is 0. The van der Waals surface area contributed by atoms with Gasteiger partial charge in [-0.3, -0.25) is 0 Å². The zero-order valence-electron chi connectivity index (χ0n) is 9.82. The highest BCUT2D eigenvalue weighted by atomic mass is 35.5. The van der Waals surface area contributed by atoms with E-state index in [1.807, 2.05) is 12.1 Å². The van der Waals surface area contributed by atoms with Crippen molar-refractivity contribution in [1.29, 1.82) is 0 Å². The van der Waals surface area contributed by atoms with Crippen molar-refractivity contribution in [3.05, 3.63) is 47.2 Å². The van der Waals surface area contributed by atoms with E-state index in [0.29, 0.717) is 24.1 Å². The molecule has 0 radical (unpaired) electrons. The fraction of sp³-hybridized carbons (Fsp3) is 0.385. The topological polar surface area (TPSA) is 38.9 Å². The van der Waals surface area contributed by atoms with Crippen molar-refractivity contribution in [1.82, 2.24) is 10.2 Å². The van der Waals surface area contributed by atoms with Gasteiger partial charge in [0.25, 0.3) is 0 Å². The van der Waals surface area contributed by atoms with Crippen molar-refractivity contribution in [2.24, 2.45) is 0 Å². The van der Waals surface area contributed by atoms with E-state index in [0.717, 1.165) is 12.8 Å². The molecule has 4 heteroatoms. The molecule has 3 nitrogen and oxygen atoms in total. The number of benzene rings is 1. The van der Waals surface area contributed by atoms with E-state index < -0.39 is 0 Å². The normalized spacial score (nSPS) is 10.7. The minimum atomic E-state index is 0.621. The zero-order chi connectivity index (χ0) is 12.1. The molecule has 0 N–H and O–H groups in total. The van der Waals surface area contributed by atoms with E-state index in [4.69, 9.17) is 16.0 Å². The number of aryl methyl sites for hydroxylation is 2. The van der Waals surface area contributed by atoms with Crippen LogP contribution in [0.15, 0.2) is 28.7 Å². The lowest BCUT2D eigenvalue weighted by Crippen LogP contribution is -1.91. The van der Waals surface area contributed by atoms with Crippen molar-refractivity contribution < 1.29 is 4.42 Å². The summed E-state index contributed by atoms with van der Waals surface area (Å²) in [5.41, 5.74) is 2.47. The number of nitrogens with zero attached hydrogens (tertiary/aromatic N) is 2. The Morgan fingerprint density at radius 1 is 1.18 bits per heavy atom. The van der Waals surface area contributed by atoms with Crippen LogP contribution >= 0.6 is 11.6 Å².